The first-order valence-electron chi connectivity index (χ1n) is 6.42. The lowest BCUT2D eigenvalue weighted by atomic mass is 9.79. The summed E-state index contributed by atoms with van der Waals surface area (Å²) in [6.45, 7) is 2.99. The quantitative estimate of drug-likeness (QED) is 0.605. The fourth-order valence-corrected chi connectivity index (χ4v) is 1.88. The van der Waals surface area contributed by atoms with Crippen LogP contribution in [0.15, 0.2) is 18.2 Å². The molecule has 0 saturated heterocycles. The number of halogens is 1. The molecular formula is C13H21BFNO4. The lowest BCUT2D eigenvalue weighted by Gasteiger charge is -2.22. The Morgan fingerprint density at radius 3 is 2.20 bits per heavy atom. The molecule has 0 spiro atoms. The Balaban J connectivity index is 2.75. The van der Waals surface area contributed by atoms with Gasteiger partial charge in [0.25, 0.3) is 0 Å². The molecule has 1 rings (SSSR count). The molecule has 0 saturated carbocycles. The van der Waals surface area contributed by atoms with Crippen LogP contribution in [0.3, 0.4) is 0 Å². The van der Waals surface area contributed by atoms with Gasteiger partial charge in [0.2, 0.25) is 0 Å². The Morgan fingerprint density at radius 1 is 1.10 bits per heavy atom. The number of benzene rings is 1. The molecule has 0 atom stereocenters. The van der Waals surface area contributed by atoms with Crippen LogP contribution in [0.1, 0.15) is 5.56 Å². The minimum absolute atomic E-state index is 0.151. The van der Waals surface area contributed by atoms with Crippen LogP contribution in [0.5, 0.6) is 0 Å². The molecule has 0 amide bonds. The van der Waals surface area contributed by atoms with E-state index < -0.39 is 12.9 Å². The third-order valence-electron chi connectivity index (χ3n) is 2.91. The van der Waals surface area contributed by atoms with Crippen LogP contribution >= 0.6 is 0 Å². The molecule has 0 fully saturated rings. The summed E-state index contributed by atoms with van der Waals surface area (Å²) in [7, 11) is 1.57. The zero-order valence-electron chi connectivity index (χ0n) is 11.9. The van der Waals surface area contributed by atoms with Crippen molar-refractivity contribution in [2.45, 2.75) is 6.54 Å². The number of hydrogen-bond donors (Lipinski definition) is 2. The second-order valence-corrected chi connectivity index (χ2v) is 4.53. The van der Waals surface area contributed by atoms with E-state index in [0.717, 1.165) is 6.07 Å². The van der Waals surface area contributed by atoms with Crippen molar-refractivity contribution in [3.63, 3.8) is 0 Å². The summed E-state index contributed by atoms with van der Waals surface area (Å²) < 4.78 is 23.5. The highest BCUT2D eigenvalue weighted by atomic mass is 19.1. The van der Waals surface area contributed by atoms with Gasteiger partial charge in [-0.15, -0.1) is 0 Å². The maximum Gasteiger partial charge on any atom is 0.488 e. The molecule has 112 valence electrons. The van der Waals surface area contributed by atoms with Crippen LogP contribution < -0.4 is 5.46 Å². The van der Waals surface area contributed by atoms with Crippen molar-refractivity contribution in [1.29, 1.82) is 0 Å². The summed E-state index contributed by atoms with van der Waals surface area (Å²) in [6, 6.07) is 4.08. The van der Waals surface area contributed by atoms with Crippen molar-refractivity contribution in [2.24, 2.45) is 0 Å². The van der Waals surface area contributed by atoms with Gasteiger partial charge in [0.05, 0.1) is 13.2 Å². The van der Waals surface area contributed by atoms with Crippen molar-refractivity contribution in [2.75, 3.05) is 40.5 Å². The number of rotatable bonds is 9. The third-order valence-corrected chi connectivity index (χ3v) is 2.91. The predicted molar refractivity (Wildman–Crippen MR) is 75.3 cm³/mol. The highest BCUT2D eigenvalue weighted by Gasteiger charge is 2.14. The summed E-state index contributed by atoms with van der Waals surface area (Å²) in [5.74, 6) is -0.482. The monoisotopic (exact) mass is 285 g/mol. The first kappa shape index (κ1) is 17.1. The molecule has 0 bridgehead atoms. The van der Waals surface area contributed by atoms with Crippen LogP contribution in [0.4, 0.5) is 4.39 Å². The van der Waals surface area contributed by atoms with E-state index in [1.807, 2.05) is 0 Å². The van der Waals surface area contributed by atoms with E-state index in [1.165, 1.54) is 6.07 Å². The fraction of sp³-hybridized carbons (Fsp3) is 0.538. The second kappa shape index (κ2) is 9.04. The summed E-state index contributed by atoms with van der Waals surface area (Å²) in [4.78, 5) is 2.05. The topological polar surface area (TPSA) is 62.2 Å². The molecule has 0 aromatic heterocycles. The summed E-state index contributed by atoms with van der Waals surface area (Å²) in [5.41, 5.74) is 0.832. The van der Waals surface area contributed by atoms with Crippen LogP contribution in [0.25, 0.3) is 0 Å². The molecule has 1 aromatic carbocycles. The van der Waals surface area contributed by atoms with Gasteiger partial charge in [0.1, 0.15) is 5.82 Å². The van der Waals surface area contributed by atoms with Crippen LogP contribution in [-0.4, -0.2) is 62.6 Å². The van der Waals surface area contributed by atoms with Crippen molar-refractivity contribution >= 4 is 12.6 Å². The number of hydrogen-bond acceptors (Lipinski definition) is 5. The van der Waals surface area contributed by atoms with E-state index in [4.69, 9.17) is 19.5 Å². The second-order valence-electron chi connectivity index (χ2n) is 4.53. The first-order chi connectivity index (χ1) is 9.56. The van der Waals surface area contributed by atoms with Crippen LogP contribution in [0, 0.1) is 5.82 Å². The van der Waals surface area contributed by atoms with E-state index in [-0.39, 0.29) is 5.46 Å². The third kappa shape index (κ3) is 5.98. The highest BCUT2D eigenvalue weighted by Crippen LogP contribution is 2.07. The molecule has 0 aliphatic heterocycles. The fourth-order valence-electron chi connectivity index (χ4n) is 1.88. The van der Waals surface area contributed by atoms with Gasteiger partial charge in [-0.25, -0.2) is 4.39 Å². The normalized spacial score (nSPS) is 11.1. The molecule has 0 unspecified atom stereocenters. The van der Waals surface area contributed by atoms with E-state index in [0.29, 0.717) is 38.4 Å². The van der Waals surface area contributed by atoms with Gasteiger partial charge in [-0.3, -0.25) is 4.90 Å². The molecule has 1 aromatic rings. The smallest absolute Gasteiger partial charge is 0.423 e. The zero-order chi connectivity index (χ0) is 15.0. The lowest BCUT2D eigenvalue weighted by Crippen LogP contribution is -2.33. The van der Waals surface area contributed by atoms with Gasteiger partial charge >= 0.3 is 7.12 Å². The van der Waals surface area contributed by atoms with Crippen molar-refractivity contribution in [3.8, 4) is 0 Å². The number of ether oxygens (including phenoxy) is 2. The van der Waals surface area contributed by atoms with Gasteiger partial charge in [-0.1, -0.05) is 6.07 Å². The molecule has 5 nitrogen and oxygen atoms in total. The van der Waals surface area contributed by atoms with Crippen molar-refractivity contribution < 1.29 is 23.9 Å². The maximum absolute atomic E-state index is 13.5. The summed E-state index contributed by atoms with van der Waals surface area (Å²) in [5, 5.41) is 18.2. The Morgan fingerprint density at radius 2 is 1.70 bits per heavy atom. The Hall–Kier alpha value is -0.985. The minimum Gasteiger partial charge on any atom is -0.423 e. The van der Waals surface area contributed by atoms with E-state index in [9.17, 15) is 4.39 Å². The van der Waals surface area contributed by atoms with Gasteiger partial charge in [-0.2, -0.15) is 0 Å². The van der Waals surface area contributed by atoms with E-state index in [1.54, 1.807) is 20.3 Å². The molecular weight excluding hydrogens is 264 g/mol. The summed E-state index contributed by atoms with van der Waals surface area (Å²) in [6.07, 6.45) is 0. The average Bonchev–Trinajstić information content (AvgIpc) is 2.41. The molecule has 0 aliphatic carbocycles. The van der Waals surface area contributed by atoms with Gasteiger partial charge in [0.15, 0.2) is 0 Å². The van der Waals surface area contributed by atoms with Crippen molar-refractivity contribution in [3.05, 3.63) is 29.6 Å². The largest absolute Gasteiger partial charge is 0.488 e. The first-order valence-corrected chi connectivity index (χ1v) is 6.42. The van der Waals surface area contributed by atoms with E-state index >= 15 is 0 Å². The van der Waals surface area contributed by atoms with Gasteiger partial charge < -0.3 is 19.5 Å². The Bertz CT molecular complexity index is 398. The minimum atomic E-state index is -1.67. The molecule has 20 heavy (non-hydrogen) atoms. The van der Waals surface area contributed by atoms with Gasteiger partial charge in [-0.05, 0) is 23.2 Å². The molecule has 0 heterocycles. The lowest BCUT2D eigenvalue weighted by molar-refractivity contribution is 0.110. The van der Waals surface area contributed by atoms with Crippen LogP contribution in [0.2, 0.25) is 0 Å². The standard InChI is InChI=1S/C13H21BFNO4/c1-19-5-3-16(4-6-20-2)10-11-7-12(14(17)18)9-13(15)8-11/h7-9,17-18H,3-6,10H2,1-2H3. The maximum atomic E-state index is 13.5. The average molecular weight is 285 g/mol. The summed E-state index contributed by atoms with van der Waals surface area (Å²) >= 11 is 0. The Labute approximate surface area is 119 Å². The van der Waals surface area contributed by atoms with Gasteiger partial charge in [0, 0.05) is 33.9 Å². The zero-order valence-corrected chi connectivity index (χ0v) is 11.9. The number of nitrogens with zero attached hydrogens (tertiary/aromatic N) is 1. The van der Waals surface area contributed by atoms with Crippen molar-refractivity contribution in [1.82, 2.24) is 4.90 Å². The predicted octanol–water partition coefficient (Wildman–Crippen LogP) is -0.400. The van der Waals surface area contributed by atoms with Crippen LogP contribution in [-0.2, 0) is 16.0 Å². The highest BCUT2D eigenvalue weighted by molar-refractivity contribution is 6.58. The molecule has 7 heteroatoms. The molecule has 2 N–H and O–H groups in total. The van der Waals surface area contributed by atoms with E-state index in [2.05, 4.69) is 4.90 Å². The Kier molecular flexibility index (Phi) is 7.72. The number of methoxy groups -OCH3 is 2. The molecule has 0 aliphatic rings. The molecule has 0 radical (unpaired) electrons. The SMILES string of the molecule is COCCN(CCOC)Cc1cc(F)cc(B(O)O)c1.